The van der Waals surface area contributed by atoms with Gasteiger partial charge in [0.2, 0.25) is 0 Å². The van der Waals surface area contributed by atoms with E-state index in [1.54, 1.807) is 0 Å². The van der Waals surface area contributed by atoms with Crippen LogP contribution in [-0.2, 0) is 0 Å². The van der Waals surface area contributed by atoms with Crippen molar-refractivity contribution in [2.45, 2.75) is 26.8 Å². The van der Waals surface area contributed by atoms with Crippen molar-refractivity contribution in [1.82, 2.24) is 4.90 Å². The second kappa shape index (κ2) is 4.69. The zero-order valence-electron chi connectivity index (χ0n) is 7.46. The zero-order valence-corrected chi connectivity index (χ0v) is 7.46. The fourth-order valence-electron chi connectivity index (χ4n) is 0.895. The van der Waals surface area contributed by atoms with Gasteiger partial charge >= 0.3 is 0 Å². The standard InChI is InChI=1S/C8H19NO/c1-7(2)5-9(4)8(3)6-10/h7-8,10H,5-6H2,1-4H3. The molecule has 0 spiro atoms. The number of hydrogen-bond donors (Lipinski definition) is 1. The van der Waals surface area contributed by atoms with Crippen LogP contribution in [0.25, 0.3) is 0 Å². The molecule has 0 aromatic rings. The van der Waals surface area contributed by atoms with Crippen LogP contribution >= 0.6 is 0 Å². The smallest absolute Gasteiger partial charge is 0.0584 e. The molecule has 0 saturated carbocycles. The van der Waals surface area contributed by atoms with Crippen LogP contribution < -0.4 is 0 Å². The third-order valence-electron chi connectivity index (χ3n) is 1.67. The number of aliphatic hydroxyl groups excluding tert-OH is 1. The van der Waals surface area contributed by atoms with Crippen molar-refractivity contribution >= 4 is 0 Å². The SMILES string of the molecule is CC(C)CN(C)C(C)CO. The monoisotopic (exact) mass is 145 g/mol. The van der Waals surface area contributed by atoms with Gasteiger partial charge in [0.1, 0.15) is 0 Å². The molecule has 0 amide bonds. The molecule has 1 atom stereocenters. The van der Waals surface area contributed by atoms with Crippen LogP contribution in [0.3, 0.4) is 0 Å². The lowest BCUT2D eigenvalue weighted by Gasteiger charge is -2.24. The highest BCUT2D eigenvalue weighted by molar-refractivity contribution is 4.62. The van der Waals surface area contributed by atoms with Crippen molar-refractivity contribution in [3.63, 3.8) is 0 Å². The Morgan fingerprint density at radius 2 is 1.80 bits per heavy atom. The normalized spacial score (nSPS) is 14.7. The molecule has 2 heteroatoms. The van der Waals surface area contributed by atoms with Gasteiger partial charge in [-0.2, -0.15) is 0 Å². The van der Waals surface area contributed by atoms with Crippen LogP contribution in [0.15, 0.2) is 0 Å². The number of nitrogens with zero attached hydrogens (tertiary/aromatic N) is 1. The molecular formula is C8H19NO. The summed E-state index contributed by atoms with van der Waals surface area (Å²) in [5, 5.41) is 8.78. The van der Waals surface area contributed by atoms with Gasteiger partial charge in [0, 0.05) is 12.6 Å². The van der Waals surface area contributed by atoms with Crippen molar-refractivity contribution in [3.8, 4) is 0 Å². The average Bonchev–Trinajstić information content (AvgIpc) is 1.85. The Morgan fingerprint density at radius 3 is 2.10 bits per heavy atom. The van der Waals surface area contributed by atoms with E-state index in [1.165, 1.54) is 0 Å². The van der Waals surface area contributed by atoms with Crippen molar-refractivity contribution in [2.75, 3.05) is 20.2 Å². The summed E-state index contributed by atoms with van der Waals surface area (Å²) in [4.78, 5) is 2.17. The molecule has 1 N–H and O–H groups in total. The minimum atomic E-state index is 0.253. The lowest BCUT2D eigenvalue weighted by Crippen LogP contribution is -2.34. The quantitative estimate of drug-likeness (QED) is 0.637. The van der Waals surface area contributed by atoms with Crippen molar-refractivity contribution in [1.29, 1.82) is 0 Å². The molecule has 0 radical (unpaired) electrons. The first-order chi connectivity index (χ1) is 4.57. The summed E-state index contributed by atoms with van der Waals surface area (Å²) < 4.78 is 0. The van der Waals surface area contributed by atoms with Gasteiger partial charge < -0.3 is 10.0 Å². The Hall–Kier alpha value is -0.0800. The summed E-state index contributed by atoms with van der Waals surface area (Å²) in [6, 6.07) is 0.294. The second-order valence-corrected chi connectivity index (χ2v) is 3.37. The van der Waals surface area contributed by atoms with Crippen LogP contribution in [0, 0.1) is 5.92 Å². The van der Waals surface area contributed by atoms with E-state index in [0.29, 0.717) is 12.0 Å². The summed E-state index contributed by atoms with van der Waals surface area (Å²) in [5.74, 6) is 0.680. The first-order valence-corrected chi connectivity index (χ1v) is 3.89. The zero-order chi connectivity index (χ0) is 8.15. The van der Waals surface area contributed by atoms with Gasteiger partial charge in [-0.05, 0) is 19.9 Å². The van der Waals surface area contributed by atoms with Crippen LogP contribution in [0.1, 0.15) is 20.8 Å². The molecule has 0 aliphatic carbocycles. The minimum Gasteiger partial charge on any atom is -0.395 e. The van der Waals surface area contributed by atoms with Crippen molar-refractivity contribution in [2.24, 2.45) is 5.92 Å². The van der Waals surface area contributed by atoms with E-state index in [-0.39, 0.29) is 6.61 Å². The lowest BCUT2D eigenvalue weighted by molar-refractivity contribution is 0.148. The average molecular weight is 145 g/mol. The molecule has 0 aromatic carbocycles. The second-order valence-electron chi connectivity index (χ2n) is 3.37. The molecule has 0 aliphatic rings. The van der Waals surface area contributed by atoms with E-state index in [0.717, 1.165) is 6.54 Å². The predicted octanol–water partition coefficient (Wildman–Crippen LogP) is 0.955. The predicted molar refractivity (Wildman–Crippen MR) is 44.0 cm³/mol. The molecular weight excluding hydrogens is 126 g/mol. The minimum absolute atomic E-state index is 0.253. The van der Waals surface area contributed by atoms with Crippen LogP contribution in [0.2, 0.25) is 0 Å². The number of likely N-dealkylation sites (N-methyl/N-ethyl adjacent to an activating group) is 1. The van der Waals surface area contributed by atoms with Crippen molar-refractivity contribution < 1.29 is 5.11 Å². The summed E-state index contributed by atoms with van der Waals surface area (Å²) in [6.45, 7) is 7.70. The number of aliphatic hydroxyl groups is 1. The fourth-order valence-corrected chi connectivity index (χ4v) is 0.895. The summed E-state index contributed by atoms with van der Waals surface area (Å²) in [5.41, 5.74) is 0. The molecule has 1 unspecified atom stereocenters. The molecule has 0 heterocycles. The largest absolute Gasteiger partial charge is 0.395 e. The Morgan fingerprint density at radius 1 is 1.30 bits per heavy atom. The maximum absolute atomic E-state index is 8.78. The lowest BCUT2D eigenvalue weighted by atomic mass is 10.2. The summed E-state index contributed by atoms with van der Waals surface area (Å²) in [7, 11) is 2.04. The van der Waals surface area contributed by atoms with E-state index in [4.69, 9.17) is 5.11 Å². The highest BCUT2D eigenvalue weighted by Gasteiger charge is 2.07. The molecule has 0 fully saturated rings. The molecule has 0 aromatic heterocycles. The first kappa shape index (κ1) is 9.92. The van der Waals surface area contributed by atoms with Crippen molar-refractivity contribution in [3.05, 3.63) is 0 Å². The first-order valence-electron chi connectivity index (χ1n) is 3.89. The van der Waals surface area contributed by atoms with Gasteiger partial charge in [0.15, 0.2) is 0 Å². The Kier molecular flexibility index (Phi) is 4.65. The maximum atomic E-state index is 8.78. The topological polar surface area (TPSA) is 23.5 Å². The molecule has 0 bridgehead atoms. The van der Waals surface area contributed by atoms with E-state index in [1.807, 2.05) is 14.0 Å². The number of hydrogen-bond acceptors (Lipinski definition) is 2. The van der Waals surface area contributed by atoms with E-state index >= 15 is 0 Å². The molecule has 2 nitrogen and oxygen atoms in total. The van der Waals surface area contributed by atoms with Gasteiger partial charge in [-0.3, -0.25) is 0 Å². The molecule has 0 rings (SSSR count). The van der Waals surface area contributed by atoms with Gasteiger partial charge in [-0.15, -0.1) is 0 Å². The highest BCUT2D eigenvalue weighted by atomic mass is 16.3. The molecule has 0 aliphatic heterocycles. The van der Waals surface area contributed by atoms with Gasteiger partial charge in [-0.25, -0.2) is 0 Å². The van der Waals surface area contributed by atoms with Crippen LogP contribution in [0.4, 0.5) is 0 Å². The number of rotatable bonds is 4. The van der Waals surface area contributed by atoms with Crippen LogP contribution in [-0.4, -0.2) is 36.2 Å². The highest BCUT2D eigenvalue weighted by Crippen LogP contribution is 1.99. The Bertz CT molecular complexity index is 83.3. The fraction of sp³-hybridized carbons (Fsp3) is 1.00. The molecule has 62 valence electrons. The molecule has 0 saturated heterocycles. The van der Waals surface area contributed by atoms with Gasteiger partial charge in [0.25, 0.3) is 0 Å². The Labute approximate surface area is 63.8 Å². The third-order valence-corrected chi connectivity index (χ3v) is 1.67. The van der Waals surface area contributed by atoms with Crippen LogP contribution in [0.5, 0.6) is 0 Å². The Balaban J connectivity index is 3.50. The van der Waals surface area contributed by atoms with Gasteiger partial charge in [0.05, 0.1) is 6.61 Å². The molecule has 10 heavy (non-hydrogen) atoms. The summed E-state index contributed by atoms with van der Waals surface area (Å²) in [6.07, 6.45) is 0. The van der Waals surface area contributed by atoms with E-state index in [9.17, 15) is 0 Å². The van der Waals surface area contributed by atoms with E-state index < -0.39 is 0 Å². The maximum Gasteiger partial charge on any atom is 0.0584 e. The summed E-state index contributed by atoms with van der Waals surface area (Å²) >= 11 is 0. The van der Waals surface area contributed by atoms with E-state index in [2.05, 4.69) is 18.7 Å². The third kappa shape index (κ3) is 3.85. The van der Waals surface area contributed by atoms with Gasteiger partial charge in [-0.1, -0.05) is 13.8 Å².